The maximum Gasteiger partial charge on any atom is 0.508 e. The van der Waals surface area contributed by atoms with E-state index >= 15 is 0 Å². The van der Waals surface area contributed by atoms with Crippen molar-refractivity contribution >= 4 is 23.3 Å². The molecular weight excluding hydrogens is 370 g/mol. The van der Waals surface area contributed by atoms with Gasteiger partial charge >= 0.3 is 6.16 Å². The van der Waals surface area contributed by atoms with E-state index in [9.17, 15) is 14.7 Å². The number of nitrogens with one attached hydrogen (secondary N) is 1. The Kier molecular flexibility index (Phi) is 6.19. The van der Waals surface area contributed by atoms with Crippen molar-refractivity contribution in [1.82, 2.24) is 19.5 Å². The minimum absolute atomic E-state index is 0.0533. The molecule has 1 atom stereocenters. The van der Waals surface area contributed by atoms with Gasteiger partial charge in [-0.2, -0.15) is 4.98 Å². The smallest absolute Gasteiger partial charge is 0.431 e. The fourth-order valence-electron chi connectivity index (χ4n) is 2.32. The van der Waals surface area contributed by atoms with Crippen molar-refractivity contribution in [3.8, 4) is 0 Å². The second-order valence-corrected chi connectivity index (χ2v) is 5.77. The lowest BCUT2D eigenvalue weighted by atomic mass is 10.2. The normalized spacial score (nSPS) is 12.0. The number of rotatable bonds is 8. The highest BCUT2D eigenvalue weighted by Crippen LogP contribution is 2.08. The highest BCUT2D eigenvalue weighted by molar-refractivity contribution is 5.70. The number of H-pyrrole nitrogens is 1. The number of aromatic nitrogens is 4. The van der Waals surface area contributed by atoms with Crippen LogP contribution in [0.4, 0.5) is 10.7 Å². The first kappa shape index (κ1) is 19.3. The number of carbonyl (C=O) groups is 1. The molecule has 3 aromatic rings. The van der Waals surface area contributed by atoms with E-state index in [-0.39, 0.29) is 37.1 Å². The Morgan fingerprint density at radius 1 is 1.29 bits per heavy atom. The lowest BCUT2D eigenvalue weighted by Crippen LogP contribution is -2.27. The molecule has 0 radical (unpaired) electrons. The lowest BCUT2D eigenvalue weighted by Gasteiger charge is -2.16. The van der Waals surface area contributed by atoms with Crippen molar-refractivity contribution in [3.63, 3.8) is 0 Å². The minimum atomic E-state index is -0.875. The number of hydrogen-bond acceptors (Lipinski definition) is 9. The van der Waals surface area contributed by atoms with Crippen molar-refractivity contribution in [3.05, 3.63) is 52.6 Å². The van der Waals surface area contributed by atoms with E-state index in [1.54, 1.807) is 0 Å². The zero-order chi connectivity index (χ0) is 19.9. The molecule has 1 aromatic carbocycles. The number of ether oxygens (including phenoxy) is 3. The van der Waals surface area contributed by atoms with E-state index in [0.717, 1.165) is 5.56 Å². The largest absolute Gasteiger partial charge is 0.508 e. The van der Waals surface area contributed by atoms with Crippen molar-refractivity contribution in [2.45, 2.75) is 19.4 Å². The van der Waals surface area contributed by atoms with Crippen LogP contribution < -0.4 is 11.3 Å². The van der Waals surface area contributed by atoms with Gasteiger partial charge in [-0.1, -0.05) is 30.3 Å². The summed E-state index contributed by atoms with van der Waals surface area (Å²) < 4.78 is 16.9. The van der Waals surface area contributed by atoms with E-state index in [1.807, 2.05) is 30.3 Å². The Morgan fingerprint density at radius 3 is 2.82 bits per heavy atom. The summed E-state index contributed by atoms with van der Waals surface area (Å²) in [7, 11) is 0. The number of benzene rings is 1. The number of carbonyl (C=O) groups excluding carboxylic acids is 1. The van der Waals surface area contributed by atoms with Crippen molar-refractivity contribution in [2.24, 2.45) is 0 Å². The SMILES string of the molecule is Nc1nc2c(ncn2COC(CO)COC(=O)OCc2ccccc2)c(=O)[nH]1. The predicted octanol–water partition coefficient (Wildman–Crippen LogP) is 0.390. The number of nitrogens with two attached hydrogens (primary N) is 1. The summed E-state index contributed by atoms with van der Waals surface area (Å²) in [4.78, 5) is 33.7. The molecule has 4 N–H and O–H groups in total. The summed E-state index contributed by atoms with van der Waals surface area (Å²) in [6.45, 7) is -0.616. The summed E-state index contributed by atoms with van der Waals surface area (Å²) in [6, 6.07) is 9.14. The zero-order valence-corrected chi connectivity index (χ0v) is 14.8. The van der Waals surface area contributed by atoms with E-state index in [1.165, 1.54) is 10.9 Å². The molecule has 0 fully saturated rings. The Labute approximate surface area is 158 Å². The second kappa shape index (κ2) is 8.97. The first-order chi connectivity index (χ1) is 13.6. The highest BCUT2D eigenvalue weighted by Gasteiger charge is 2.15. The van der Waals surface area contributed by atoms with Crippen LogP contribution in [0.3, 0.4) is 0 Å². The van der Waals surface area contributed by atoms with E-state index < -0.39 is 24.4 Å². The van der Waals surface area contributed by atoms with E-state index in [2.05, 4.69) is 15.0 Å². The first-order valence-electron chi connectivity index (χ1n) is 8.33. The summed E-state index contributed by atoms with van der Waals surface area (Å²) in [5.41, 5.74) is 6.23. The molecule has 148 valence electrons. The molecule has 28 heavy (non-hydrogen) atoms. The summed E-state index contributed by atoms with van der Waals surface area (Å²) >= 11 is 0. The molecule has 11 heteroatoms. The molecule has 2 aromatic heterocycles. The molecule has 0 saturated heterocycles. The summed E-state index contributed by atoms with van der Waals surface area (Å²) in [6.07, 6.45) is -0.323. The van der Waals surface area contributed by atoms with Gasteiger partial charge in [-0.25, -0.2) is 9.78 Å². The van der Waals surface area contributed by atoms with Crippen LogP contribution in [0.2, 0.25) is 0 Å². The number of hydrogen-bond donors (Lipinski definition) is 3. The molecule has 0 saturated carbocycles. The van der Waals surface area contributed by atoms with Gasteiger partial charge in [0.1, 0.15) is 26.0 Å². The predicted molar refractivity (Wildman–Crippen MR) is 97.1 cm³/mol. The third-order valence-corrected chi connectivity index (χ3v) is 3.73. The van der Waals surface area contributed by atoms with Crippen LogP contribution in [0.15, 0.2) is 41.5 Å². The van der Waals surface area contributed by atoms with Crippen LogP contribution in [0.1, 0.15) is 5.56 Å². The van der Waals surface area contributed by atoms with Gasteiger partial charge < -0.3 is 25.1 Å². The molecule has 0 aliphatic rings. The Balaban J connectivity index is 1.49. The van der Waals surface area contributed by atoms with Gasteiger partial charge in [0.2, 0.25) is 5.95 Å². The molecular formula is C17H19N5O6. The minimum Gasteiger partial charge on any atom is -0.431 e. The Morgan fingerprint density at radius 2 is 2.07 bits per heavy atom. The monoisotopic (exact) mass is 389 g/mol. The first-order valence-corrected chi connectivity index (χ1v) is 8.33. The third-order valence-electron chi connectivity index (χ3n) is 3.73. The maximum absolute atomic E-state index is 11.7. The Hall–Kier alpha value is -3.44. The topological polar surface area (TPSA) is 155 Å². The van der Waals surface area contributed by atoms with E-state index in [4.69, 9.17) is 19.9 Å². The zero-order valence-electron chi connectivity index (χ0n) is 14.8. The molecule has 0 spiro atoms. The molecule has 11 nitrogen and oxygen atoms in total. The lowest BCUT2D eigenvalue weighted by molar-refractivity contribution is -0.0623. The molecule has 0 aliphatic carbocycles. The fourth-order valence-corrected chi connectivity index (χ4v) is 2.32. The quantitative estimate of drug-likeness (QED) is 0.464. The molecule has 2 heterocycles. The average molecular weight is 389 g/mol. The van der Waals surface area contributed by atoms with Crippen molar-refractivity contribution < 1.29 is 24.1 Å². The number of nitrogens with zero attached hydrogens (tertiary/aromatic N) is 3. The number of aliphatic hydroxyl groups excluding tert-OH is 1. The van der Waals surface area contributed by atoms with E-state index in [0.29, 0.717) is 0 Å². The van der Waals surface area contributed by atoms with Gasteiger partial charge in [0.15, 0.2) is 11.2 Å². The summed E-state index contributed by atoms with van der Waals surface area (Å²) in [5, 5.41) is 9.40. The van der Waals surface area contributed by atoms with Crippen LogP contribution in [0.5, 0.6) is 0 Å². The molecule has 0 bridgehead atoms. The third kappa shape index (κ3) is 4.84. The molecule has 1 unspecified atom stereocenters. The van der Waals surface area contributed by atoms with Crippen LogP contribution in [-0.4, -0.2) is 50.1 Å². The number of aromatic amines is 1. The van der Waals surface area contributed by atoms with Crippen LogP contribution >= 0.6 is 0 Å². The van der Waals surface area contributed by atoms with Crippen LogP contribution in [-0.2, 0) is 27.5 Å². The Bertz CT molecular complexity index is 987. The average Bonchev–Trinajstić information content (AvgIpc) is 3.10. The van der Waals surface area contributed by atoms with Crippen LogP contribution in [0.25, 0.3) is 11.2 Å². The van der Waals surface area contributed by atoms with Gasteiger partial charge in [0, 0.05) is 0 Å². The summed E-state index contributed by atoms with van der Waals surface area (Å²) in [5.74, 6) is -0.0533. The van der Waals surface area contributed by atoms with Gasteiger partial charge in [-0.15, -0.1) is 0 Å². The molecule has 0 aliphatic heterocycles. The van der Waals surface area contributed by atoms with Gasteiger partial charge in [0.25, 0.3) is 5.56 Å². The fraction of sp³-hybridized carbons (Fsp3) is 0.294. The van der Waals surface area contributed by atoms with Gasteiger partial charge in [0.05, 0.1) is 12.9 Å². The maximum atomic E-state index is 11.7. The number of fused-ring (bicyclic) bond motifs is 1. The van der Waals surface area contributed by atoms with Gasteiger partial charge in [-0.05, 0) is 5.56 Å². The number of aliphatic hydroxyl groups is 1. The standard InChI is InChI=1S/C17H19N5O6/c18-16-20-14-13(15(24)21-16)19-9-22(14)10-28-12(6-23)8-27-17(25)26-7-11-4-2-1-3-5-11/h1-5,9,12,23H,6-8,10H2,(H3,18,20,21,24). The van der Waals surface area contributed by atoms with Crippen molar-refractivity contribution in [2.75, 3.05) is 18.9 Å². The number of nitrogen functional groups attached to an aromatic ring is 1. The highest BCUT2D eigenvalue weighted by atomic mass is 16.7. The van der Waals surface area contributed by atoms with Crippen molar-refractivity contribution in [1.29, 1.82) is 0 Å². The second-order valence-electron chi connectivity index (χ2n) is 5.77. The number of anilines is 1. The molecule has 3 rings (SSSR count). The molecule has 0 amide bonds. The van der Waals surface area contributed by atoms with Crippen LogP contribution in [0, 0.1) is 0 Å². The van der Waals surface area contributed by atoms with Gasteiger partial charge in [-0.3, -0.25) is 14.3 Å². The number of imidazole rings is 1.